The van der Waals surface area contributed by atoms with E-state index in [1.807, 2.05) is 30.3 Å². The van der Waals surface area contributed by atoms with Crippen molar-refractivity contribution in [2.45, 2.75) is 39.2 Å². The molecule has 0 aliphatic heterocycles. The highest BCUT2D eigenvalue weighted by molar-refractivity contribution is 6.29. The topological polar surface area (TPSA) is 37.8 Å². The number of rotatable bonds is 5. The van der Waals surface area contributed by atoms with Gasteiger partial charge in [0, 0.05) is 17.2 Å². The molecule has 0 atom stereocenters. The second-order valence-electron chi connectivity index (χ2n) is 5.16. The van der Waals surface area contributed by atoms with Crippen LogP contribution in [0.3, 0.4) is 0 Å². The largest absolute Gasteiger partial charge is 0.365 e. The molecule has 0 saturated heterocycles. The molecule has 1 heterocycles. The van der Waals surface area contributed by atoms with Gasteiger partial charge < -0.3 is 5.32 Å². The number of nitrogens with one attached hydrogen (secondary N) is 1. The molecule has 20 heavy (non-hydrogen) atoms. The summed E-state index contributed by atoms with van der Waals surface area (Å²) in [5.41, 5.74) is 0.985. The Labute approximate surface area is 125 Å². The van der Waals surface area contributed by atoms with Crippen LogP contribution in [0.2, 0.25) is 5.15 Å². The average Bonchev–Trinajstić information content (AvgIpc) is 2.47. The first-order chi connectivity index (χ1) is 9.56. The van der Waals surface area contributed by atoms with Crippen LogP contribution in [0.5, 0.6) is 0 Å². The van der Waals surface area contributed by atoms with Gasteiger partial charge in [0.15, 0.2) is 5.82 Å². The summed E-state index contributed by atoms with van der Waals surface area (Å²) < 4.78 is 0. The minimum Gasteiger partial charge on any atom is -0.365 e. The molecule has 1 N–H and O–H groups in total. The number of nitrogens with zero attached hydrogens (tertiary/aromatic N) is 2. The summed E-state index contributed by atoms with van der Waals surface area (Å²) in [4.78, 5) is 8.88. The maximum Gasteiger partial charge on any atom is 0.163 e. The van der Waals surface area contributed by atoms with E-state index >= 15 is 0 Å². The minimum absolute atomic E-state index is 0.0195. The van der Waals surface area contributed by atoms with Crippen molar-refractivity contribution in [3.63, 3.8) is 0 Å². The van der Waals surface area contributed by atoms with Gasteiger partial charge in [-0.25, -0.2) is 9.97 Å². The zero-order valence-corrected chi connectivity index (χ0v) is 12.9. The second-order valence-corrected chi connectivity index (χ2v) is 5.55. The number of hydrogen-bond donors (Lipinski definition) is 1. The Bertz CT molecular complexity index is 565. The molecule has 3 nitrogen and oxygen atoms in total. The third-order valence-corrected chi connectivity index (χ3v) is 3.91. The number of anilines is 1. The Hall–Kier alpha value is -1.61. The summed E-state index contributed by atoms with van der Waals surface area (Å²) in [7, 11) is 0. The summed E-state index contributed by atoms with van der Waals surface area (Å²) >= 11 is 6.12. The molecule has 2 aromatic rings. The molecule has 0 unspecified atom stereocenters. The van der Waals surface area contributed by atoms with Crippen molar-refractivity contribution in [2.24, 2.45) is 0 Å². The predicted molar refractivity (Wildman–Crippen MR) is 85.1 cm³/mol. The maximum atomic E-state index is 6.12. The van der Waals surface area contributed by atoms with E-state index in [-0.39, 0.29) is 5.54 Å². The lowest BCUT2D eigenvalue weighted by molar-refractivity contribution is 0.476. The van der Waals surface area contributed by atoms with E-state index in [4.69, 9.17) is 11.6 Å². The summed E-state index contributed by atoms with van der Waals surface area (Å²) in [6.07, 6.45) is 2.04. The predicted octanol–water partition coefficient (Wildman–Crippen LogP) is 4.79. The standard InChI is InChI=1S/C16H20ClN3/c1-4-16(3,5-2)20-14-11-13(17)18-15(19-14)12-9-7-6-8-10-12/h6-11H,4-5H2,1-3H3,(H,18,19,20). The van der Waals surface area contributed by atoms with Gasteiger partial charge in [0.2, 0.25) is 0 Å². The molecule has 2 rings (SSSR count). The molecule has 106 valence electrons. The second kappa shape index (κ2) is 6.23. The van der Waals surface area contributed by atoms with Gasteiger partial charge in [-0.2, -0.15) is 0 Å². The van der Waals surface area contributed by atoms with Crippen LogP contribution in [0, 0.1) is 0 Å². The van der Waals surface area contributed by atoms with Gasteiger partial charge in [0.1, 0.15) is 11.0 Å². The van der Waals surface area contributed by atoms with Crippen LogP contribution in [-0.4, -0.2) is 15.5 Å². The average molecular weight is 290 g/mol. The molecule has 0 amide bonds. The number of benzene rings is 1. The third kappa shape index (κ3) is 3.48. The lowest BCUT2D eigenvalue weighted by Gasteiger charge is -2.29. The third-order valence-electron chi connectivity index (χ3n) is 3.72. The van der Waals surface area contributed by atoms with Gasteiger partial charge >= 0.3 is 0 Å². The fourth-order valence-electron chi connectivity index (χ4n) is 1.93. The number of halogens is 1. The zero-order valence-electron chi connectivity index (χ0n) is 12.2. The van der Waals surface area contributed by atoms with E-state index < -0.39 is 0 Å². The van der Waals surface area contributed by atoms with Crippen LogP contribution < -0.4 is 5.32 Å². The first-order valence-corrected chi connectivity index (χ1v) is 7.32. The highest BCUT2D eigenvalue weighted by atomic mass is 35.5. The first-order valence-electron chi connectivity index (χ1n) is 6.94. The molecule has 0 fully saturated rings. The molecule has 0 aliphatic rings. The van der Waals surface area contributed by atoms with Crippen molar-refractivity contribution in [1.29, 1.82) is 0 Å². The van der Waals surface area contributed by atoms with E-state index in [0.29, 0.717) is 11.0 Å². The fourth-order valence-corrected chi connectivity index (χ4v) is 2.12. The maximum absolute atomic E-state index is 6.12. The molecule has 0 saturated carbocycles. The van der Waals surface area contributed by atoms with E-state index in [1.54, 1.807) is 6.07 Å². The zero-order chi connectivity index (χ0) is 14.6. The number of aromatic nitrogens is 2. The Balaban J connectivity index is 2.35. The van der Waals surface area contributed by atoms with Crippen molar-refractivity contribution < 1.29 is 0 Å². The summed E-state index contributed by atoms with van der Waals surface area (Å²) in [5.74, 6) is 1.42. The molecule has 0 radical (unpaired) electrons. The van der Waals surface area contributed by atoms with Crippen LogP contribution in [0.15, 0.2) is 36.4 Å². The first kappa shape index (κ1) is 14.8. The van der Waals surface area contributed by atoms with E-state index in [9.17, 15) is 0 Å². The lowest BCUT2D eigenvalue weighted by atomic mass is 9.96. The minimum atomic E-state index is 0.0195. The van der Waals surface area contributed by atoms with Crippen molar-refractivity contribution in [1.82, 2.24) is 9.97 Å². The Morgan fingerprint density at radius 2 is 1.75 bits per heavy atom. The Kier molecular flexibility index (Phi) is 4.61. The van der Waals surface area contributed by atoms with Gasteiger partial charge in [-0.1, -0.05) is 55.8 Å². The van der Waals surface area contributed by atoms with E-state index in [0.717, 1.165) is 24.2 Å². The molecule has 1 aromatic heterocycles. The Morgan fingerprint density at radius 1 is 1.10 bits per heavy atom. The van der Waals surface area contributed by atoms with Crippen LogP contribution in [0.25, 0.3) is 11.4 Å². The highest BCUT2D eigenvalue weighted by Gasteiger charge is 2.20. The summed E-state index contributed by atoms with van der Waals surface area (Å²) in [6, 6.07) is 11.6. The quantitative estimate of drug-likeness (QED) is 0.804. The van der Waals surface area contributed by atoms with Crippen LogP contribution in [0.1, 0.15) is 33.6 Å². The molecule has 0 bridgehead atoms. The van der Waals surface area contributed by atoms with Crippen molar-refractivity contribution in [3.05, 3.63) is 41.6 Å². The number of hydrogen-bond acceptors (Lipinski definition) is 3. The molecule has 1 aromatic carbocycles. The Morgan fingerprint density at radius 3 is 2.35 bits per heavy atom. The van der Waals surface area contributed by atoms with Gasteiger partial charge in [-0.15, -0.1) is 0 Å². The molecule has 4 heteroatoms. The summed E-state index contributed by atoms with van der Waals surface area (Å²) in [6.45, 7) is 6.51. The smallest absolute Gasteiger partial charge is 0.163 e. The van der Waals surface area contributed by atoms with Crippen molar-refractivity contribution in [3.8, 4) is 11.4 Å². The van der Waals surface area contributed by atoms with Crippen molar-refractivity contribution in [2.75, 3.05) is 5.32 Å². The molecular weight excluding hydrogens is 270 g/mol. The highest BCUT2D eigenvalue weighted by Crippen LogP contribution is 2.24. The monoisotopic (exact) mass is 289 g/mol. The van der Waals surface area contributed by atoms with Gasteiger partial charge in [0.05, 0.1) is 0 Å². The molecule has 0 spiro atoms. The van der Waals surface area contributed by atoms with Gasteiger partial charge in [-0.3, -0.25) is 0 Å². The van der Waals surface area contributed by atoms with Crippen LogP contribution in [0.4, 0.5) is 5.82 Å². The SMILES string of the molecule is CCC(C)(CC)Nc1cc(Cl)nc(-c2ccccc2)n1. The molecule has 0 aliphatic carbocycles. The van der Waals surface area contributed by atoms with E-state index in [2.05, 4.69) is 36.1 Å². The van der Waals surface area contributed by atoms with Crippen molar-refractivity contribution >= 4 is 17.4 Å². The molecular formula is C16H20ClN3. The fraction of sp³-hybridized carbons (Fsp3) is 0.375. The lowest BCUT2D eigenvalue weighted by Crippen LogP contribution is -2.33. The van der Waals surface area contributed by atoms with Gasteiger partial charge in [-0.05, 0) is 19.8 Å². The normalized spacial score (nSPS) is 11.4. The summed E-state index contributed by atoms with van der Waals surface area (Å²) in [5, 5.41) is 3.92. The van der Waals surface area contributed by atoms with Crippen LogP contribution >= 0.6 is 11.6 Å². The van der Waals surface area contributed by atoms with Crippen LogP contribution in [-0.2, 0) is 0 Å². The van der Waals surface area contributed by atoms with Gasteiger partial charge in [0.25, 0.3) is 0 Å². The van der Waals surface area contributed by atoms with E-state index in [1.165, 1.54) is 0 Å².